The van der Waals surface area contributed by atoms with Gasteiger partial charge in [0.25, 0.3) is 0 Å². The van der Waals surface area contributed by atoms with Gasteiger partial charge in [-0.3, -0.25) is 0 Å². The van der Waals surface area contributed by atoms with Crippen molar-refractivity contribution in [1.29, 1.82) is 0 Å². The van der Waals surface area contributed by atoms with Crippen LogP contribution in [0.25, 0.3) is 0 Å². The van der Waals surface area contributed by atoms with Gasteiger partial charge in [0.05, 0.1) is 0 Å². The van der Waals surface area contributed by atoms with Gasteiger partial charge >= 0.3 is 11.9 Å². The lowest BCUT2D eigenvalue weighted by molar-refractivity contribution is -0.145. The number of esters is 2. The first-order chi connectivity index (χ1) is 11.7. The average molecular weight is 336 g/mol. The summed E-state index contributed by atoms with van der Waals surface area (Å²) in [5.74, 6) is -0.356. The van der Waals surface area contributed by atoms with Crippen LogP contribution in [0.4, 0.5) is 0 Å². The Kier molecular flexibility index (Phi) is 10.9. The van der Waals surface area contributed by atoms with E-state index < -0.39 is 0 Å². The summed E-state index contributed by atoms with van der Waals surface area (Å²) in [5, 5.41) is 0. The van der Waals surface area contributed by atoms with E-state index in [0.717, 1.165) is 25.7 Å². The Morgan fingerprint density at radius 3 is 1.54 bits per heavy atom. The molecule has 2 atom stereocenters. The van der Waals surface area contributed by atoms with Crippen LogP contribution >= 0.6 is 0 Å². The Morgan fingerprint density at radius 1 is 0.792 bits per heavy atom. The molecule has 2 rings (SSSR count). The van der Waals surface area contributed by atoms with E-state index in [1.807, 2.05) is 12.2 Å². The Bertz CT molecular complexity index is 385. The highest BCUT2D eigenvalue weighted by Gasteiger charge is 2.15. The molecular weight excluding hydrogens is 304 g/mol. The summed E-state index contributed by atoms with van der Waals surface area (Å²) in [4.78, 5) is 21.6. The Balaban J connectivity index is 0.000000240. The predicted octanol–water partition coefficient (Wildman–Crippen LogP) is 4.88. The third-order valence-corrected chi connectivity index (χ3v) is 4.13. The quantitative estimate of drug-likeness (QED) is 0.468. The summed E-state index contributed by atoms with van der Waals surface area (Å²) in [7, 11) is 0. The standard InChI is InChI=1S/2C10H16O2/c2*1-2-3-4-6-9-7-5-8-10(11)12-9/h2*5,8-9H,2-4,6-7H2,1H3/t2*9-/m10/s1. The molecule has 0 N–H and O–H groups in total. The van der Waals surface area contributed by atoms with Crippen LogP contribution in [0.15, 0.2) is 24.3 Å². The number of hydrogen-bond donors (Lipinski definition) is 0. The number of unbranched alkanes of at least 4 members (excludes halogenated alkanes) is 4. The molecule has 0 aromatic rings. The Hall–Kier alpha value is -1.58. The van der Waals surface area contributed by atoms with Crippen molar-refractivity contribution in [2.75, 3.05) is 0 Å². The second-order valence-corrected chi connectivity index (χ2v) is 6.39. The van der Waals surface area contributed by atoms with Crippen LogP contribution in [0.3, 0.4) is 0 Å². The van der Waals surface area contributed by atoms with E-state index in [4.69, 9.17) is 9.47 Å². The van der Waals surface area contributed by atoms with Crippen molar-refractivity contribution in [2.24, 2.45) is 0 Å². The molecule has 0 spiro atoms. The molecule has 2 aliphatic heterocycles. The van der Waals surface area contributed by atoms with E-state index in [9.17, 15) is 9.59 Å². The van der Waals surface area contributed by atoms with Gasteiger partial charge in [-0.1, -0.05) is 51.7 Å². The lowest BCUT2D eigenvalue weighted by Gasteiger charge is -2.17. The fraction of sp³-hybridized carbons (Fsp3) is 0.700. The van der Waals surface area contributed by atoms with Gasteiger partial charge in [0.15, 0.2) is 0 Å². The second kappa shape index (κ2) is 12.8. The molecule has 0 saturated carbocycles. The number of cyclic esters (lactones) is 2. The molecule has 0 fully saturated rings. The van der Waals surface area contributed by atoms with E-state index in [1.54, 1.807) is 0 Å². The van der Waals surface area contributed by atoms with E-state index in [0.29, 0.717) is 0 Å². The Labute approximate surface area is 146 Å². The molecule has 0 radical (unpaired) electrons. The molecule has 0 saturated heterocycles. The summed E-state index contributed by atoms with van der Waals surface area (Å²) >= 11 is 0. The van der Waals surface area contributed by atoms with Crippen LogP contribution in [0.5, 0.6) is 0 Å². The van der Waals surface area contributed by atoms with Crippen molar-refractivity contribution in [3.8, 4) is 0 Å². The SMILES string of the molecule is CCCCC[C@@H]1CC=CC(=O)O1.CCCCC[C@H]1CC=CC(=O)O1. The fourth-order valence-corrected chi connectivity index (χ4v) is 2.73. The summed E-state index contributed by atoms with van der Waals surface area (Å²) in [5.41, 5.74) is 0. The highest BCUT2D eigenvalue weighted by Crippen LogP contribution is 2.15. The molecule has 0 unspecified atom stereocenters. The normalized spacial score (nSPS) is 22.4. The van der Waals surface area contributed by atoms with Crippen LogP contribution in [0, 0.1) is 0 Å². The molecule has 2 aliphatic rings. The fourth-order valence-electron chi connectivity index (χ4n) is 2.73. The minimum Gasteiger partial charge on any atom is -0.459 e. The minimum absolute atomic E-state index is 0.147. The average Bonchev–Trinajstić information content (AvgIpc) is 2.56. The third kappa shape index (κ3) is 9.53. The highest BCUT2D eigenvalue weighted by molar-refractivity contribution is 5.83. The van der Waals surface area contributed by atoms with Crippen molar-refractivity contribution in [2.45, 2.75) is 90.3 Å². The van der Waals surface area contributed by atoms with Crippen LogP contribution in [0.1, 0.15) is 78.1 Å². The largest absolute Gasteiger partial charge is 0.459 e. The topological polar surface area (TPSA) is 52.6 Å². The minimum atomic E-state index is -0.178. The maximum absolute atomic E-state index is 10.8. The van der Waals surface area contributed by atoms with Crippen LogP contribution < -0.4 is 0 Å². The van der Waals surface area contributed by atoms with Gasteiger partial charge in [0.1, 0.15) is 12.2 Å². The van der Waals surface area contributed by atoms with Gasteiger partial charge in [0, 0.05) is 25.0 Å². The second-order valence-electron chi connectivity index (χ2n) is 6.39. The van der Waals surface area contributed by atoms with Gasteiger partial charge in [-0.05, 0) is 25.7 Å². The number of ether oxygens (including phenoxy) is 2. The maximum Gasteiger partial charge on any atom is 0.330 e. The van der Waals surface area contributed by atoms with Gasteiger partial charge in [-0.15, -0.1) is 0 Å². The zero-order chi connectivity index (χ0) is 17.6. The first-order valence-corrected chi connectivity index (χ1v) is 9.40. The van der Waals surface area contributed by atoms with Gasteiger partial charge in [-0.25, -0.2) is 9.59 Å². The van der Waals surface area contributed by atoms with Crippen LogP contribution in [0.2, 0.25) is 0 Å². The number of rotatable bonds is 8. The lowest BCUT2D eigenvalue weighted by atomic mass is 10.1. The molecule has 0 bridgehead atoms. The number of carbonyl (C=O) groups excluding carboxylic acids is 2. The predicted molar refractivity (Wildman–Crippen MR) is 95.6 cm³/mol. The Morgan fingerprint density at radius 2 is 1.21 bits per heavy atom. The highest BCUT2D eigenvalue weighted by atomic mass is 16.5. The molecule has 0 aliphatic carbocycles. The molecule has 0 aromatic heterocycles. The van der Waals surface area contributed by atoms with E-state index >= 15 is 0 Å². The smallest absolute Gasteiger partial charge is 0.330 e. The van der Waals surface area contributed by atoms with E-state index in [-0.39, 0.29) is 24.1 Å². The van der Waals surface area contributed by atoms with Crippen molar-refractivity contribution >= 4 is 11.9 Å². The molecule has 4 nitrogen and oxygen atoms in total. The molecule has 24 heavy (non-hydrogen) atoms. The monoisotopic (exact) mass is 336 g/mol. The first kappa shape index (κ1) is 20.5. The van der Waals surface area contributed by atoms with Crippen molar-refractivity contribution < 1.29 is 19.1 Å². The lowest BCUT2D eigenvalue weighted by Crippen LogP contribution is -2.19. The van der Waals surface area contributed by atoms with Gasteiger partial charge < -0.3 is 9.47 Å². The van der Waals surface area contributed by atoms with E-state index in [1.165, 1.54) is 50.7 Å². The van der Waals surface area contributed by atoms with Crippen molar-refractivity contribution in [3.63, 3.8) is 0 Å². The maximum atomic E-state index is 10.8. The zero-order valence-corrected chi connectivity index (χ0v) is 15.2. The molecular formula is C20H32O4. The molecule has 0 amide bonds. The van der Waals surface area contributed by atoms with Crippen molar-refractivity contribution in [1.82, 2.24) is 0 Å². The van der Waals surface area contributed by atoms with E-state index in [2.05, 4.69) is 13.8 Å². The number of hydrogen-bond acceptors (Lipinski definition) is 4. The summed E-state index contributed by atoms with van der Waals surface area (Å²) in [6.07, 6.45) is 18.2. The molecule has 0 aromatic carbocycles. The number of carbonyl (C=O) groups is 2. The van der Waals surface area contributed by atoms with Crippen LogP contribution in [-0.4, -0.2) is 24.1 Å². The molecule has 4 heteroatoms. The van der Waals surface area contributed by atoms with Gasteiger partial charge in [0.2, 0.25) is 0 Å². The third-order valence-electron chi connectivity index (χ3n) is 4.13. The van der Waals surface area contributed by atoms with Crippen molar-refractivity contribution in [3.05, 3.63) is 24.3 Å². The first-order valence-electron chi connectivity index (χ1n) is 9.40. The zero-order valence-electron chi connectivity index (χ0n) is 15.2. The molecule has 2 heterocycles. The summed E-state index contributed by atoms with van der Waals surface area (Å²) < 4.78 is 10.2. The molecule has 136 valence electrons. The van der Waals surface area contributed by atoms with Gasteiger partial charge in [-0.2, -0.15) is 0 Å². The summed E-state index contributed by atoms with van der Waals surface area (Å²) in [6.45, 7) is 4.35. The van der Waals surface area contributed by atoms with Crippen LogP contribution in [-0.2, 0) is 19.1 Å². The summed E-state index contributed by atoms with van der Waals surface area (Å²) in [6, 6.07) is 0.